The van der Waals surface area contributed by atoms with E-state index in [1.165, 1.54) is 4.31 Å². The predicted octanol–water partition coefficient (Wildman–Crippen LogP) is 0.921. The Bertz CT molecular complexity index is 664. The standard InChI is InChI=1S/C13H15N3O3S/c1-20(18,19)16-8-4-7-12(16)13(17)15-11-6-3-2-5-10(11)9-14/h2-3,5-6,12H,4,7-8H2,1H3,(H,15,17). The zero-order valence-electron chi connectivity index (χ0n) is 11.0. The summed E-state index contributed by atoms with van der Waals surface area (Å²) in [6.07, 6.45) is 2.25. The molecule has 7 heteroatoms. The van der Waals surface area contributed by atoms with Crippen LogP contribution in [-0.2, 0) is 14.8 Å². The molecule has 1 heterocycles. The summed E-state index contributed by atoms with van der Waals surface area (Å²) >= 11 is 0. The van der Waals surface area contributed by atoms with Gasteiger partial charge in [-0.15, -0.1) is 0 Å². The lowest BCUT2D eigenvalue weighted by Gasteiger charge is -2.21. The molecule has 106 valence electrons. The number of para-hydroxylation sites is 1. The van der Waals surface area contributed by atoms with Gasteiger partial charge in [-0.3, -0.25) is 4.79 Å². The van der Waals surface area contributed by atoms with Gasteiger partial charge in [0.05, 0.1) is 17.5 Å². The van der Waals surface area contributed by atoms with Crippen molar-refractivity contribution in [2.75, 3.05) is 18.1 Å². The first kappa shape index (κ1) is 14.5. The molecule has 0 bridgehead atoms. The third-order valence-electron chi connectivity index (χ3n) is 3.24. The lowest BCUT2D eigenvalue weighted by atomic mass is 10.1. The molecule has 1 amide bonds. The quantitative estimate of drug-likeness (QED) is 0.897. The number of amides is 1. The van der Waals surface area contributed by atoms with Crippen molar-refractivity contribution in [2.24, 2.45) is 0 Å². The van der Waals surface area contributed by atoms with Crippen LogP contribution in [0.5, 0.6) is 0 Å². The first-order valence-corrected chi connectivity index (χ1v) is 8.05. The molecule has 1 fully saturated rings. The molecule has 0 aromatic heterocycles. The minimum Gasteiger partial charge on any atom is -0.323 e. The van der Waals surface area contributed by atoms with Crippen LogP contribution >= 0.6 is 0 Å². The monoisotopic (exact) mass is 293 g/mol. The number of nitrogens with one attached hydrogen (secondary N) is 1. The Labute approximate surface area is 118 Å². The van der Waals surface area contributed by atoms with Crippen molar-refractivity contribution in [3.63, 3.8) is 0 Å². The molecule has 1 atom stereocenters. The van der Waals surface area contributed by atoms with Crippen LogP contribution in [0.2, 0.25) is 0 Å². The summed E-state index contributed by atoms with van der Waals surface area (Å²) < 4.78 is 24.4. The molecule has 1 aliphatic rings. The predicted molar refractivity (Wildman–Crippen MR) is 74.4 cm³/mol. The third-order valence-corrected chi connectivity index (χ3v) is 4.53. The molecule has 1 aromatic carbocycles. The van der Waals surface area contributed by atoms with E-state index in [1.807, 2.05) is 6.07 Å². The maximum absolute atomic E-state index is 12.2. The topological polar surface area (TPSA) is 90.3 Å². The summed E-state index contributed by atoms with van der Waals surface area (Å²) in [5, 5.41) is 11.6. The van der Waals surface area contributed by atoms with Gasteiger partial charge in [0.2, 0.25) is 15.9 Å². The zero-order valence-corrected chi connectivity index (χ0v) is 11.9. The van der Waals surface area contributed by atoms with E-state index < -0.39 is 22.0 Å². The van der Waals surface area contributed by atoms with Crippen LogP contribution in [-0.4, -0.2) is 37.5 Å². The average Bonchev–Trinajstić information content (AvgIpc) is 2.88. The summed E-state index contributed by atoms with van der Waals surface area (Å²) in [7, 11) is -3.40. The fourth-order valence-corrected chi connectivity index (χ4v) is 3.43. The van der Waals surface area contributed by atoms with E-state index in [4.69, 9.17) is 5.26 Å². The maximum atomic E-state index is 12.2. The molecule has 1 unspecified atom stereocenters. The van der Waals surface area contributed by atoms with E-state index in [9.17, 15) is 13.2 Å². The highest BCUT2D eigenvalue weighted by atomic mass is 32.2. The summed E-state index contributed by atoms with van der Waals surface area (Å²) in [6.45, 7) is 0.358. The Hall–Kier alpha value is -1.91. The lowest BCUT2D eigenvalue weighted by Crippen LogP contribution is -2.42. The van der Waals surface area contributed by atoms with Gasteiger partial charge in [0, 0.05) is 6.54 Å². The van der Waals surface area contributed by atoms with Crippen LogP contribution in [0.25, 0.3) is 0 Å². The van der Waals surface area contributed by atoms with Crippen LogP contribution in [0.15, 0.2) is 24.3 Å². The van der Waals surface area contributed by atoms with Crippen LogP contribution in [0.4, 0.5) is 5.69 Å². The highest BCUT2D eigenvalue weighted by Crippen LogP contribution is 2.22. The Kier molecular flexibility index (Phi) is 4.06. The summed E-state index contributed by atoms with van der Waals surface area (Å²) in [4.78, 5) is 12.2. The largest absolute Gasteiger partial charge is 0.323 e. The van der Waals surface area contributed by atoms with Crippen LogP contribution in [0.1, 0.15) is 18.4 Å². The highest BCUT2D eigenvalue weighted by molar-refractivity contribution is 7.88. The zero-order chi connectivity index (χ0) is 14.8. The van der Waals surface area contributed by atoms with Crippen molar-refractivity contribution >= 4 is 21.6 Å². The number of hydrogen-bond acceptors (Lipinski definition) is 4. The van der Waals surface area contributed by atoms with E-state index in [2.05, 4.69) is 5.32 Å². The molecule has 0 radical (unpaired) electrons. The number of carbonyl (C=O) groups is 1. The molecule has 0 aliphatic carbocycles. The van der Waals surface area contributed by atoms with E-state index in [0.717, 1.165) is 6.26 Å². The Morgan fingerprint density at radius 3 is 2.80 bits per heavy atom. The van der Waals surface area contributed by atoms with Gasteiger partial charge >= 0.3 is 0 Å². The molecule has 1 N–H and O–H groups in total. The van der Waals surface area contributed by atoms with Crippen molar-refractivity contribution in [3.8, 4) is 6.07 Å². The van der Waals surface area contributed by atoms with Crippen molar-refractivity contribution in [2.45, 2.75) is 18.9 Å². The van der Waals surface area contributed by atoms with Gasteiger partial charge in [-0.05, 0) is 25.0 Å². The lowest BCUT2D eigenvalue weighted by molar-refractivity contribution is -0.119. The molecule has 1 saturated heterocycles. The van der Waals surface area contributed by atoms with Crippen LogP contribution in [0.3, 0.4) is 0 Å². The first-order valence-electron chi connectivity index (χ1n) is 6.20. The van der Waals surface area contributed by atoms with Gasteiger partial charge in [-0.1, -0.05) is 12.1 Å². The fraction of sp³-hybridized carbons (Fsp3) is 0.385. The van der Waals surface area contributed by atoms with Gasteiger partial charge in [0.1, 0.15) is 12.1 Å². The van der Waals surface area contributed by atoms with Gasteiger partial charge in [-0.25, -0.2) is 8.42 Å². The second-order valence-electron chi connectivity index (χ2n) is 4.68. The molecule has 0 saturated carbocycles. The van der Waals surface area contributed by atoms with E-state index in [1.54, 1.807) is 24.3 Å². The molecule has 1 aliphatic heterocycles. The number of carbonyl (C=O) groups excluding carboxylic acids is 1. The molecule has 6 nitrogen and oxygen atoms in total. The summed E-state index contributed by atoms with van der Waals surface area (Å²) in [5.74, 6) is -0.393. The van der Waals surface area contributed by atoms with E-state index in [0.29, 0.717) is 30.6 Å². The van der Waals surface area contributed by atoms with Crippen molar-refractivity contribution in [1.29, 1.82) is 5.26 Å². The highest BCUT2D eigenvalue weighted by Gasteiger charge is 2.36. The smallest absolute Gasteiger partial charge is 0.242 e. The Morgan fingerprint density at radius 1 is 1.45 bits per heavy atom. The van der Waals surface area contributed by atoms with Gasteiger partial charge in [0.25, 0.3) is 0 Å². The number of hydrogen-bond donors (Lipinski definition) is 1. The molecule has 2 rings (SSSR count). The molecule has 20 heavy (non-hydrogen) atoms. The third kappa shape index (κ3) is 2.98. The minimum absolute atomic E-state index is 0.352. The number of benzene rings is 1. The minimum atomic E-state index is -3.40. The Balaban J connectivity index is 2.19. The maximum Gasteiger partial charge on any atom is 0.242 e. The van der Waals surface area contributed by atoms with Crippen molar-refractivity contribution < 1.29 is 13.2 Å². The van der Waals surface area contributed by atoms with Crippen molar-refractivity contribution in [1.82, 2.24) is 4.31 Å². The number of nitriles is 1. The van der Waals surface area contributed by atoms with Crippen molar-refractivity contribution in [3.05, 3.63) is 29.8 Å². The van der Waals surface area contributed by atoms with Gasteiger partial charge in [0.15, 0.2) is 0 Å². The fourth-order valence-electron chi connectivity index (χ4n) is 2.30. The second kappa shape index (κ2) is 5.61. The normalized spacial score (nSPS) is 19.5. The second-order valence-corrected chi connectivity index (χ2v) is 6.61. The van der Waals surface area contributed by atoms with Crippen LogP contribution < -0.4 is 5.32 Å². The SMILES string of the molecule is CS(=O)(=O)N1CCCC1C(=O)Nc1ccccc1C#N. The first-order chi connectivity index (χ1) is 9.43. The molecule has 1 aromatic rings. The molecular weight excluding hydrogens is 278 g/mol. The van der Waals surface area contributed by atoms with Gasteiger partial charge in [-0.2, -0.15) is 9.57 Å². The van der Waals surface area contributed by atoms with E-state index in [-0.39, 0.29) is 0 Å². The summed E-state index contributed by atoms with van der Waals surface area (Å²) in [5.41, 5.74) is 0.755. The average molecular weight is 293 g/mol. The van der Waals surface area contributed by atoms with Gasteiger partial charge < -0.3 is 5.32 Å². The number of sulfonamides is 1. The summed E-state index contributed by atoms with van der Waals surface area (Å²) in [6, 6.07) is 7.91. The molecule has 0 spiro atoms. The number of nitrogens with zero attached hydrogens (tertiary/aromatic N) is 2. The molecular formula is C13H15N3O3S. The van der Waals surface area contributed by atoms with Crippen LogP contribution in [0, 0.1) is 11.3 Å². The number of rotatable bonds is 3. The van der Waals surface area contributed by atoms with E-state index >= 15 is 0 Å². The number of anilines is 1. The Morgan fingerprint density at radius 2 is 2.15 bits per heavy atom.